The Kier molecular flexibility index (Phi) is 2.80. The molecule has 5 nitrogen and oxygen atoms in total. The van der Waals surface area contributed by atoms with Gasteiger partial charge in [-0.2, -0.15) is 0 Å². The number of H-pyrrole nitrogens is 1. The third-order valence-corrected chi connectivity index (χ3v) is 2.35. The van der Waals surface area contributed by atoms with Gasteiger partial charge in [0, 0.05) is 12.8 Å². The maximum absolute atomic E-state index is 12.7. The lowest BCUT2D eigenvalue weighted by molar-refractivity contribution is 0.0991. The first-order chi connectivity index (χ1) is 7.65. The van der Waals surface area contributed by atoms with Gasteiger partial charge in [0.1, 0.15) is 11.7 Å². The molecule has 1 aromatic rings. The van der Waals surface area contributed by atoms with E-state index >= 15 is 0 Å². The van der Waals surface area contributed by atoms with Crippen molar-refractivity contribution in [2.24, 2.45) is 5.73 Å². The van der Waals surface area contributed by atoms with Gasteiger partial charge in [0.2, 0.25) is 5.82 Å². The van der Waals surface area contributed by atoms with Gasteiger partial charge in [-0.15, -0.1) is 10.2 Å². The second-order valence-corrected chi connectivity index (χ2v) is 3.60. The predicted molar refractivity (Wildman–Crippen MR) is 55.1 cm³/mol. The number of hydrogen-bond acceptors (Lipinski definition) is 3. The molecule has 0 spiro atoms. The Morgan fingerprint density at radius 1 is 1.44 bits per heavy atom. The van der Waals surface area contributed by atoms with Crippen LogP contribution in [0.3, 0.4) is 0 Å². The van der Waals surface area contributed by atoms with Gasteiger partial charge in [-0.3, -0.25) is 4.79 Å². The van der Waals surface area contributed by atoms with Crippen molar-refractivity contribution in [3.63, 3.8) is 0 Å². The highest BCUT2D eigenvalue weighted by Gasteiger charge is 2.11. The van der Waals surface area contributed by atoms with Crippen molar-refractivity contribution in [2.75, 3.05) is 0 Å². The van der Waals surface area contributed by atoms with Gasteiger partial charge in [-0.1, -0.05) is 11.6 Å². The number of carbonyl (C=O) groups excluding carboxylic acids is 1. The molecule has 84 valence electrons. The number of primary amides is 1. The number of amides is 1. The van der Waals surface area contributed by atoms with Crippen LogP contribution in [0.4, 0.5) is 4.39 Å². The van der Waals surface area contributed by atoms with Crippen molar-refractivity contribution in [1.82, 2.24) is 15.2 Å². The van der Waals surface area contributed by atoms with E-state index in [2.05, 4.69) is 15.2 Å². The molecule has 0 aromatic carbocycles. The number of halogens is 1. The van der Waals surface area contributed by atoms with Crippen molar-refractivity contribution < 1.29 is 9.18 Å². The number of allylic oxidation sites excluding steroid dienone is 4. The molecule has 0 aliphatic heterocycles. The molecule has 0 atom stereocenters. The number of nitrogens with two attached hydrogens (primary N) is 1. The Morgan fingerprint density at radius 2 is 2.25 bits per heavy atom. The smallest absolute Gasteiger partial charge is 0.286 e. The van der Waals surface area contributed by atoms with Crippen molar-refractivity contribution in [3.8, 4) is 0 Å². The Hall–Kier alpha value is -1.98. The molecular formula is C10H11FN4O. The quantitative estimate of drug-likeness (QED) is 0.800. The summed E-state index contributed by atoms with van der Waals surface area (Å²) in [4.78, 5) is 13.5. The summed E-state index contributed by atoms with van der Waals surface area (Å²) in [6.45, 7) is 0. The monoisotopic (exact) mass is 222 g/mol. The van der Waals surface area contributed by atoms with Gasteiger partial charge >= 0.3 is 0 Å². The van der Waals surface area contributed by atoms with E-state index in [0.29, 0.717) is 25.1 Å². The fraction of sp³-hybridized carbons (Fsp3) is 0.300. The van der Waals surface area contributed by atoms with Crippen LogP contribution < -0.4 is 5.73 Å². The van der Waals surface area contributed by atoms with Gasteiger partial charge in [0.15, 0.2) is 0 Å². The summed E-state index contributed by atoms with van der Waals surface area (Å²) < 4.78 is 12.7. The van der Waals surface area contributed by atoms with E-state index in [4.69, 9.17) is 5.73 Å². The Labute approximate surface area is 91.2 Å². The molecular weight excluding hydrogens is 211 g/mol. The van der Waals surface area contributed by atoms with Crippen LogP contribution >= 0.6 is 0 Å². The van der Waals surface area contributed by atoms with E-state index in [9.17, 15) is 9.18 Å². The Morgan fingerprint density at radius 3 is 2.81 bits per heavy atom. The van der Waals surface area contributed by atoms with Gasteiger partial charge in [0.05, 0.1) is 0 Å². The van der Waals surface area contributed by atoms with Crippen molar-refractivity contribution in [3.05, 3.63) is 35.2 Å². The second kappa shape index (κ2) is 4.26. The van der Waals surface area contributed by atoms with Crippen LogP contribution in [0, 0.1) is 0 Å². The van der Waals surface area contributed by atoms with E-state index in [0.717, 1.165) is 5.57 Å². The zero-order valence-electron chi connectivity index (χ0n) is 8.53. The third-order valence-electron chi connectivity index (χ3n) is 2.35. The van der Waals surface area contributed by atoms with E-state index in [1.54, 1.807) is 6.08 Å². The van der Waals surface area contributed by atoms with E-state index in [-0.39, 0.29) is 11.7 Å². The average Bonchev–Trinajstić information content (AvgIpc) is 2.70. The maximum Gasteiger partial charge on any atom is 0.286 e. The van der Waals surface area contributed by atoms with Gasteiger partial charge in [-0.05, 0) is 12.5 Å². The molecule has 0 bridgehead atoms. The molecule has 0 fully saturated rings. The highest BCUT2D eigenvalue weighted by Crippen LogP contribution is 2.20. The van der Waals surface area contributed by atoms with Gasteiger partial charge < -0.3 is 10.7 Å². The summed E-state index contributed by atoms with van der Waals surface area (Å²) in [7, 11) is 0. The molecule has 1 aliphatic rings. The van der Waals surface area contributed by atoms with E-state index in [1.807, 2.05) is 0 Å². The van der Waals surface area contributed by atoms with Crippen LogP contribution in [0.25, 0.3) is 0 Å². The molecule has 16 heavy (non-hydrogen) atoms. The van der Waals surface area contributed by atoms with Crippen LogP contribution in [0.2, 0.25) is 0 Å². The van der Waals surface area contributed by atoms with Crippen LogP contribution in [0.5, 0.6) is 0 Å². The largest absolute Gasteiger partial charge is 0.363 e. The number of aromatic nitrogens is 3. The minimum absolute atomic E-state index is 0.0492. The standard InChI is InChI=1S/C10H11FN4O/c11-7-3-1-6(2-4-7)5-8-13-10(9(12)16)15-14-8/h1,3H,2,4-5H2,(H2,12,16)(H,13,14,15). The normalized spacial score (nSPS) is 15.6. The maximum atomic E-state index is 12.7. The van der Waals surface area contributed by atoms with Crippen LogP contribution in [-0.4, -0.2) is 21.1 Å². The number of nitrogens with zero attached hydrogens (tertiary/aromatic N) is 2. The van der Waals surface area contributed by atoms with Gasteiger partial charge in [0.25, 0.3) is 5.91 Å². The summed E-state index contributed by atoms with van der Waals surface area (Å²) in [6, 6.07) is 0. The van der Waals surface area contributed by atoms with Crippen molar-refractivity contribution in [2.45, 2.75) is 19.3 Å². The number of nitrogens with one attached hydrogen (secondary N) is 1. The van der Waals surface area contributed by atoms with E-state index in [1.165, 1.54) is 6.08 Å². The Balaban J connectivity index is 2.07. The zero-order valence-corrected chi connectivity index (χ0v) is 8.53. The van der Waals surface area contributed by atoms with Crippen LogP contribution in [0.1, 0.15) is 29.3 Å². The molecule has 3 N–H and O–H groups in total. The lowest BCUT2D eigenvalue weighted by Crippen LogP contribution is -2.12. The molecule has 0 saturated heterocycles. The summed E-state index contributed by atoms with van der Waals surface area (Å²) >= 11 is 0. The molecule has 0 radical (unpaired) electrons. The number of rotatable bonds is 3. The molecule has 1 aromatic heterocycles. The average molecular weight is 222 g/mol. The molecule has 6 heteroatoms. The van der Waals surface area contributed by atoms with Gasteiger partial charge in [-0.25, -0.2) is 4.39 Å². The highest BCUT2D eigenvalue weighted by atomic mass is 19.1. The highest BCUT2D eigenvalue weighted by molar-refractivity contribution is 5.88. The molecule has 1 heterocycles. The zero-order chi connectivity index (χ0) is 11.5. The Bertz CT molecular complexity index is 475. The number of hydrogen-bond donors (Lipinski definition) is 2. The van der Waals surface area contributed by atoms with Crippen LogP contribution in [0.15, 0.2) is 23.6 Å². The minimum Gasteiger partial charge on any atom is -0.363 e. The fourth-order valence-corrected chi connectivity index (χ4v) is 1.50. The first kappa shape index (κ1) is 10.5. The summed E-state index contributed by atoms with van der Waals surface area (Å²) in [5, 5.41) is 7.39. The first-order valence-corrected chi connectivity index (χ1v) is 4.90. The molecule has 0 saturated carbocycles. The summed E-state index contributed by atoms with van der Waals surface area (Å²) in [5.74, 6) is -0.134. The first-order valence-electron chi connectivity index (χ1n) is 4.90. The fourth-order valence-electron chi connectivity index (χ4n) is 1.50. The molecule has 1 amide bonds. The lowest BCUT2D eigenvalue weighted by atomic mass is 10.0. The SMILES string of the molecule is NC(=O)c1nnc(CC2=CC=C(F)CC2)[nH]1. The van der Waals surface area contributed by atoms with Crippen molar-refractivity contribution in [1.29, 1.82) is 0 Å². The molecule has 0 unspecified atom stereocenters. The van der Waals surface area contributed by atoms with E-state index < -0.39 is 5.91 Å². The summed E-state index contributed by atoms with van der Waals surface area (Å²) in [6.07, 6.45) is 4.79. The predicted octanol–water partition coefficient (Wildman–Crippen LogP) is 1.02. The lowest BCUT2D eigenvalue weighted by Gasteiger charge is -2.07. The third kappa shape index (κ3) is 2.33. The second-order valence-electron chi connectivity index (χ2n) is 3.60. The summed E-state index contributed by atoms with van der Waals surface area (Å²) in [5.41, 5.74) is 6.08. The topological polar surface area (TPSA) is 84.7 Å². The molecule has 1 aliphatic carbocycles. The minimum atomic E-state index is -0.637. The molecule has 2 rings (SSSR count). The number of carbonyl (C=O) groups is 1. The number of aromatic amines is 1. The van der Waals surface area contributed by atoms with Crippen LogP contribution in [-0.2, 0) is 6.42 Å². The van der Waals surface area contributed by atoms with Crippen molar-refractivity contribution >= 4 is 5.91 Å².